The maximum Gasteiger partial charge on any atom is 0.220 e. The molecule has 10 nitrogen and oxygen atoms in total. The largest absolute Gasteiger partial charge is 0.382 e. The van der Waals surface area contributed by atoms with E-state index in [2.05, 4.69) is 62.1 Å². The summed E-state index contributed by atoms with van der Waals surface area (Å²) < 4.78 is 9.58. The van der Waals surface area contributed by atoms with Crippen molar-refractivity contribution >= 4 is 22.9 Å². The number of rotatable bonds is 5. The van der Waals surface area contributed by atoms with Gasteiger partial charge in [0.15, 0.2) is 5.82 Å². The molecule has 1 amide bonds. The Morgan fingerprint density at radius 2 is 1.79 bits per heavy atom. The third-order valence-electron chi connectivity index (χ3n) is 8.54. The fourth-order valence-electron chi connectivity index (χ4n) is 6.43. The van der Waals surface area contributed by atoms with Crippen LogP contribution < -0.4 is 10.6 Å². The molecule has 5 heterocycles. The molecule has 0 radical (unpaired) electrons. The van der Waals surface area contributed by atoms with Crippen molar-refractivity contribution in [3.8, 4) is 22.5 Å². The molecule has 2 fully saturated rings. The molecular weight excluding hydrogens is 528 g/mol. The lowest BCUT2D eigenvalue weighted by Crippen LogP contribution is -2.50. The van der Waals surface area contributed by atoms with E-state index in [1.54, 1.807) is 6.92 Å². The minimum absolute atomic E-state index is 0.0140. The SMILES string of the molecule is CC(=O)N1CCN(c2cccc(-c3cc(-c4ccnn4C4CCOCC4)c4c(N)ncnn34)c2)CC1c1ccccc1. The number of carbonyl (C=O) groups excluding carboxylic acids is 1. The average molecular weight is 563 g/mol. The van der Waals surface area contributed by atoms with Gasteiger partial charge in [-0.3, -0.25) is 9.48 Å². The van der Waals surface area contributed by atoms with Gasteiger partial charge in [-0.05, 0) is 42.7 Å². The fourth-order valence-corrected chi connectivity index (χ4v) is 6.43. The zero-order valence-corrected chi connectivity index (χ0v) is 23.6. The highest BCUT2D eigenvalue weighted by atomic mass is 16.5. The molecule has 214 valence electrons. The topological polar surface area (TPSA) is 107 Å². The third-order valence-corrected chi connectivity index (χ3v) is 8.54. The lowest BCUT2D eigenvalue weighted by molar-refractivity contribution is -0.131. The van der Waals surface area contributed by atoms with Crippen molar-refractivity contribution in [3.63, 3.8) is 0 Å². The van der Waals surface area contributed by atoms with Crippen molar-refractivity contribution in [2.45, 2.75) is 31.8 Å². The number of nitrogens with two attached hydrogens (primary N) is 1. The summed E-state index contributed by atoms with van der Waals surface area (Å²) >= 11 is 0. The number of amides is 1. The summed E-state index contributed by atoms with van der Waals surface area (Å²) in [7, 11) is 0. The molecule has 1 atom stereocenters. The molecule has 0 spiro atoms. The Kier molecular flexibility index (Phi) is 6.83. The number of hydrogen-bond donors (Lipinski definition) is 1. The number of ether oxygens (including phenoxy) is 1. The number of piperazine rings is 1. The van der Waals surface area contributed by atoms with Crippen LogP contribution in [0.25, 0.3) is 28.0 Å². The molecule has 2 saturated heterocycles. The average Bonchev–Trinajstić information content (AvgIpc) is 3.68. The van der Waals surface area contributed by atoms with E-state index < -0.39 is 0 Å². The summed E-state index contributed by atoms with van der Waals surface area (Å²) in [6, 6.07) is 23.2. The van der Waals surface area contributed by atoms with E-state index in [4.69, 9.17) is 15.6 Å². The standard InChI is InChI=1S/C32H34N8O2/c1-22(41)38-15-14-37(20-30(38)23-6-3-2-4-7-23)26-9-5-8-24(18-26)29-19-27(31-32(33)34-21-36-40(29)31)28-10-13-35-39(28)25-11-16-42-17-12-25/h2-10,13,18-19,21,25,30H,11-12,14-17,20H2,1H3,(H2,33,34,36). The lowest BCUT2D eigenvalue weighted by Gasteiger charge is -2.42. The fraction of sp³-hybridized carbons (Fsp3) is 0.312. The van der Waals surface area contributed by atoms with Crippen LogP contribution in [0.1, 0.15) is 37.4 Å². The number of nitrogens with zero attached hydrogens (tertiary/aromatic N) is 7. The van der Waals surface area contributed by atoms with Gasteiger partial charge in [-0.25, -0.2) is 9.50 Å². The minimum Gasteiger partial charge on any atom is -0.382 e. The van der Waals surface area contributed by atoms with Crippen LogP contribution in [0, 0.1) is 0 Å². The van der Waals surface area contributed by atoms with E-state index in [0.717, 1.165) is 71.9 Å². The van der Waals surface area contributed by atoms with Crippen molar-refractivity contribution in [2.75, 3.05) is 43.5 Å². The van der Waals surface area contributed by atoms with Gasteiger partial charge in [-0.1, -0.05) is 42.5 Å². The van der Waals surface area contributed by atoms with Crippen LogP contribution in [0.2, 0.25) is 0 Å². The zero-order valence-electron chi connectivity index (χ0n) is 23.6. The molecule has 2 aliphatic rings. The molecule has 2 N–H and O–H groups in total. The van der Waals surface area contributed by atoms with Crippen LogP contribution >= 0.6 is 0 Å². The summed E-state index contributed by atoms with van der Waals surface area (Å²) in [4.78, 5) is 21.2. The van der Waals surface area contributed by atoms with Gasteiger partial charge in [-0.15, -0.1) is 0 Å². The molecule has 0 saturated carbocycles. The first-order valence-electron chi connectivity index (χ1n) is 14.5. The smallest absolute Gasteiger partial charge is 0.220 e. The predicted octanol–water partition coefficient (Wildman–Crippen LogP) is 4.60. The van der Waals surface area contributed by atoms with Crippen LogP contribution in [-0.2, 0) is 9.53 Å². The van der Waals surface area contributed by atoms with E-state index in [1.807, 2.05) is 39.9 Å². The van der Waals surface area contributed by atoms with E-state index in [1.165, 1.54) is 6.33 Å². The Bertz CT molecular complexity index is 1720. The minimum atomic E-state index is -0.0140. The van der Waals surface area contributed by atoms with Gasteiger partial charge >= 0.3 is 0 Å². The second kappa shape index (κ2) is 10.9. The monoisotopic (exact) mass is 562 g/mol. The number of hydrogen-bond acceptors (Lipinski definition) is 7. The van der Waals surface area contributed by atoms with Crippen LogP contribution in [0.15, 0.2) is 79.3 Å². The molecule has 0 bridgehead atoms. The van der Waals surface area contributed by atoms with Crippen molar-refractivity contribution in [2.24, 2.45) is 0 Å². The molecular formula is C32H34N8O2. The summed E-state index contributed by atoms with van der Waals surface area (Å²) in [5.74, 6) is 0.523. The van der Waals surface area contributed by atoms with Crippen molar-refractivity contribution in [1.82, 2.24) is 29.3 Å². The Balaban J connectivity index is 1.27. The molecule has 2 aromatic carbocycles. The van der Waals surface area contributed by atoms with E-state index in [-0.39, 0.29) is 18.0 Å². The molecule has 7 rings (SSSR count). The first kappa shape index (κ1) is 26.2. The Morgan fingerprint density at radius 1 is 0.952 bits per heavy atom. The molecule has 3 aromatic heterocycles. The Hall–Kier alpha value is -4.70. The van der Waals surface area contributed by atoms with Crippen molar-refractivity contribution in [1.29, 1.82) is 0 Å². The van der Waals surface area contributed by atoms with Crippen LogP contribution in [0.4, 0.5) is 11.5 Å². The normalized spacial score (nSPS) is 18.1. The number of nitrogen functional groups attached to an aromatic ring is 1. The van der Waals surface area contributed by atoms with Gasteiger partial charge in [0, 0.05) is 62.8 Å². The second-order valence-corrected chi connectivity index (χ2v) is 11.0. The number of anilines is 2. The number of fused-ring (bicyclic) bond motifs is 1. The second-order valence-electron chi connectivity index (χ2n) is 11.0. The van der Waals surface area contributed by atoms with Gasteiger partial charge in [0.25, 0.3) is 0 Å². The van der Waals surface area contributed by atoms with Crippen molar-refractivity contribution in [3.05, 3.63) is 84.8 Å². The first-order valence-corrected chi connectivity index (χ1v) is 14.5. The van der Waals surface area contributed by atoms with Crippen LogP contribution in [0.3, 0.4) is 0 Å². The van der Waals surface area contributed by atoms with Crippen LogP contribution in [0.5, 0.6) is 0 Å². The van der Waals surface area contributed by atoms with Gasteiger partial charge in [0.1, 0.15) is 11.8 Å². The highest BCUT2D eigenvalue weighted by Gasteiger charge is 2.30. The molecule has 10 heteroatoms. The zero-order chi connectivity index (χ0) is 28.6. The maximum atomic E-state index is 12.5. The molecule has 1 unspecified atom stereocenters. The maximum absolute atomic E-state index is 12.5. The number of aromatic nitrogens is 5. The molecule has 42 heavy (non-hydrogen) atoms. The Morgan fingerprint density at radius 3 is 2.60 bits per heavy atom. The van der Waals surface area contributed by atoms with Gasteiger partial charge in [0.2, 0.25) is 5.91 Å². The van der Waals surface area contributed by atoms with Crippen LogP contribution in [-0.4, -0.2) is 68.0 Å². The number of benzene rings is 2. The highest BCUT2D eigenvalue weighted by molar-refractivity contribution is 5.91. The van der Waals surface area contributed by atoms with E-state index in [0.29, 0.717) is 18.9 Å². The molecule has 2 aliphatic heterocycles. The summed E-state index contributed by atoms with van der Waals surface area (Å²) in [6.07, 6.45) is 5.18. The summed E-state index contributed by atoms with van der Waals surface area (Å²) in [5, 5.41) is 9.33. The summed E-state index contributed by atoms with van der Waals surface area (Å²) in [6.45, 7) is 5.25. The van der Waals surface area contributed by atoms with E-state index >= 15 is 0 Å². The quantitative estimate of drug-likeness (QED) is 0.334. The third kappa shape index (κ3) is 4.67. The first-order chi connectivity index (χ1) is 20.6. The Labute approximate surface area is 244 Å². The molecule has 0 aliphatic carbocycles. The summed E-state index contributed by atoms with van der Waals surface area (Å²) in [5.41, 5.74) is 13.4. The van der Waals surface area contributed by atoms with Gasteiger partial charge in [-0.2, -0.15) is 10.2 Å². The predicted molar refractivity (Wildman–Crippen MR) is 162 cm³/mol. The highest BCUT2D eigenvalue weighted by Crippen LogP contribution is 2.38. The van der Waals surface area contributed by atoms with Crippen molar-refractivity contribution < 1.29 is 9.53 Å². The van der Waals surface area contributed by atoms with E-state index in [9.17, 15) is 4.79 Å². The van der Waals surface area contributed by atoms with Gasteiger partial charge < -0.3 is 20.3 Å². The number of carbonyl (C=O) groups is 1. The lowest BCUT2D eigenvalue weighted by atomic mass is 10.0. The molecule has 5 aromatic rings. The van der Waals surface area contributed by atoms with Gasteiger partial charge in [0.05, 0.1) is 23.5 Å².